The van der Waals surface area contributed by atoms with Crippen molar-refractivity contribution in [2.24, 2.45) is 0 Å². The molecule has 4 rings (SSSR count). The number of rotatable bonds is 3. The van der Waals surface area contributed by atoms with E-state index in [-0.39, 0.29) is 6.04 Å². The third kappa shape index (κ3) is 3.09. The molecule has 6 heteroatoms. The van der Waals surface area contributed by atoms with Crippen LogP contribution in [0.1, 0.15) is 30.4 Å². The number of anilines is 1. The smallest absolute Gasteiger partial charge is 0.243 e. The molecule has 25 heavy (non-hydrogen) atoms. The number of benzene rings is 1. The summed E-state index contributed by atoms with van der Waals surface area (Å²) in [5.74, 6) is 1.40. The van der Waals surface area contributed by atoms with E-state index < -0.39 is 0 Å². The summed E-state index contributed by atoms with van der Waals surface area (Å²) in [4.78, 5) is 13.9. The van der Waals surface area contributed by atoms with Crippen molar-refractivity contribution < 1.29 is 4.52 Å². The predicted octanol–water partition coefficient (Wildman–Crippen LogP) is 3.12. The lowest BCUT2D eigenvalue weighted by Crippen LogP contribution is -2.47. The van der Waals surface area contributed by atoms with Crippen LogP contribution in [0.4, 0.5) is 5.69 Å². The van der Waals surface area contributed by atoms with E-state index in [0.717, 1.165) is 37.4 Å². The zero-order valence-corrected chi connectivity index (χ0v) is 14.9. The average molecular weight is 337 g/mol. The van der Waals surface area contributed by atoms with Gasteiger partial charge in [-0.15, -0.1) is 0 Å². The molecule has 0 bridgehead atoms. The maximum absolute atomic E-state index is 5.34. The molecule has 0 amide bonds. The topological polar surface area (TPSA) is 58.3 Å². The van der Waals surface area contributed by atoms with Crippen LogP contribution in [0.2, 0.25) is 0 Å². The highest BCUT2D eigenvalue weighted by molar-refractivity contribution is 5.92. The molecule has 0 radical (unpaired) electrons. The van der Waals surface area contributed by atoms with Crippen LogP contribution in [0, 0.1) is 13.8 Å². The Morgan fingerprint density at radius 2 is 1.80 bits per heavy atom. The van der Waals surface area contributed by atoms with Crippen molar-refractivity contribution in [1.82, 2.24) is 20.0 Å². The number of fused-ring (bicyclic) bond motifs is 1. The Balaban J connectivity index is 1.52. The van der Waals surface area contributed by atoms with E-state index in [2.05, 4.69) is 63.0 Å². The van der Waals surface area contributed by atoms with Crippen LogP contribution in [0.3, 0.4) is 0 Å². The van der Waals surface area contributed by atoms with Gasteiger partial charge < -0.3 is 9.42 Å². The summed E-state index contributed by atoms with van der Waals surface area (Å²) in [5.41, 5.74) is 3.41. The number of piperazine rings is 1. The van der Waals surface area contributed by atoms with Gasteiger partial charge in [-0.2, -0.15) is 4.98 Å². The molecule has 0 saturated carbocycles. The summed E-state index contributed by atoms with van der Waals surface area (Å²) in [5, 5.41) is 5.13. The molecule has 1 aliphatic heterocycles. The zero-order valence-electron chi connectivity index (χ0n) is 14.9. The van der Waals surface area contributed by atoms with Gasteiger partial charge in [0.25, 0.3) is 0 Å². The largest absolute Gasteiger partial charge is 0.368 e. The maximum atomic E-state index is 5.34. The van der Waals surface area contributed by atoms with Crippen molar-refractivity contribution in [2.45, 2.75) is 26.8 Å². The molecule has 1 atom stereocenters. The quantitative estimate of drug-likeness (QED) is 0.732. The van der Waals surface area contributed by atoms with Gasteiger partial charge in [0.15, 0.2) is 5.82 Å². The Bertz CT molecular complexity index is 882. The normalized spacial score (nSPS) is 17.2. The molecule has 3 heterocycles. The Morgan fingerprint density at radius 3 is 2.52 bits per heavy atom. The van der Waals surface area contributed by atoms with Gasteiger partial charge in [-0.05, 0) is 32.9 Å². The maximum Gasteiger partial charge on any atom is 0.243 e. The van der Waals surface area contributed by atoms with Gasteiger partial charge >= 0.3 is 0 Å². The lowest BCUT2D eigenvalue weighted by Gasteiger charge is -2.38. The summed E-state index contributed by atoms with van der Waals surface area (Å²) in [6.45, 7) is 9.95. The monoisotopic (exact) mass is 337 g/mol. The van der Waals surface area contributed by atoms with Gasteiger partial charge in [-0.25, -0.2) is 0 Å². The molecule has 1 saturated heterocycles. The zero-order chi connectivity index (χ0) is 17.4. The van der Waals surface area contributed by atoms with E-state index >= 15 is 0 Å². The number of hydrogen-bond donors (Lipinski definition) is 0. The molecule has 0 aliphatic carbocycles. The summed E-state index contributed by atoms with van der Waals surface area (Å²) in [6.07, 6.45) is 0. The first-order chi connectivity index (χ1) is 12.1. The fourth-order valence-electron chi connectivity index (χ4n) is 3.54. The minimum absolute atomic E-state index is 0.152. The van der Waals surface area contributed by atoms with E-state index in [4.69, 9.17) is 4.52 Å². The summed E-state index contributed by atoms with van der Waals surface area (Å²) < 4.78 is 5.34. The molecule has 0 N–H and O–H groups in total. The highest BCUT2D eigenvalue weighted by atomic mass is 16.5. The Hall–Kier alpha value is -2.47. The highest BCUT2D eigenvalue weighted by Crippen LogP contribution is 2.29. The average Bonchev–Trinajstić information content (AvgIpc) is 3.07. The van der Waals surface area contributed by atoms with E-state index in [1.807, 2.05) is 13.0 Å². The first kappa shape index (κ1) is 16.0. The molecule has 130 valence electrons. The fourth-order valence-corrected chi connectivity index (χ4v) is 3.54. The molecular weight excluding hydrogens is 314 g/mol. The molecule has 1 aliphatic rings. The molecule has 1 unspecified atom stereocenters. The van der Waals surface area contributed by atoms with Crippen molar-refractivity contribution in [2.75, 3.05) is 31.1 Å². The van der Waals surface area contributed by atoms with Gasteiger partial charge in [0.05, 0.1) is 11.6 Å². The van der Waals surface area contributed by atoms with E-state index in [1.165, 1.54) is 11.1 Å². The molecule has 2 aromatic heterocycles. The molecule has 3 aromatic rings. The second-order valence-electron chi connectivity index (χ2n) is 6.68. The van der Waals surface area contributed by atoms with Crippen molar-refractivity contribution in [3.05, 3.63) is 47.7 Å². The number of hydrogen-bond acceptors (Lipinski definition) is 6. The number of aromatic nitrogens is 3. The first-order valence-electron chi connectivity index (χ1n) is 8.77. The lowest BCUT2D eigenvalue weighted by atomic mass is 10.1. The van der Waals surface area contributed by atoms with Crippen LogP contribution >= 0.6 is 0 Å². The van der Waals surface area contributed by atoms with Crippen LogP contribution < -0.4 is 4.90 Å². The van der Waals surface area contributed by atoms with Crippen LogP contribution in [0.5, 0.6) is 0 Å². The number of pyridine rings is 1. The Kier molecular flexibility index (Phi) is 4.13. The minimum Gasteiger partial charge on any atom is -0.368 e. The molecule has 6 nitrogen and oxygen atoms in total. The third-order valence-corrected chi connectivity index (χ3v) is 4.93. The Morgan fingerprint density at radius 1 is 1.04 bits per heavy atom. The standard InChI is InChI=1S/C19H23N5O/c1-13-12-18(16-6-4-5-7-17(16)20-13)24-10-8-23(9-11-24)14(2)19-21-15(3)22-25-19/h4-7,12,14H,8-11H2,1-3H3. The van der Waals surface area contributed by atoms with Crippen LogP contribution in [0.15, 0.2) is 34.9 Å². The van der Waals surface area contributed by atoms with Gasteiger partial charge in [-0.3, -0.25) is 9.88 Å². The lowest BCUT2D eigenvalue weighted by molar-refractivity contribution is 0.164. The summed E-state index contributed by atoms with van der Waals surface area (Å²) >= 11 is 0. The number of para-hydroxylation sites is 1. The summed E-state index contributed by atoms with van der Waals surface area (Å²) in [7, 11) is 0. The highest BCUT2D eigenvalue weighted by Gasteiger charge is 2.26. The van der Waals surface area contributed by atoms with Crippen molar-refractivity contribution in [3.63, 3.8) is 0 Å². The molecular formula is C19H23N5O. The van der Waals surface area contributed by atoms with Gasteiger partial charge in [0.1, 0.15) is 0 Å². The predicted molar refractivity (Wildman–Crippen MR) is 97.7 cm³/mol. The van der Waals surface area contributed by atoms with Crippen LogP contribution in [0.25, 0.3) is 10.9 Å². The van der Waals surface area contributed by atoms with Crippen molar-refractivity contribution >= 4 is 16.6 Å². The second kappa shape index (κ2) is 6.44. The Labute approximate surface area is 147 Å². The molecule has 0 spiro atoms. The fraction of sp³-hybridized carbons (Fsp3) is 0.421. The number of aryl methyl sites for hydroxylation is 2. The van der Waals surface area contributed by atoms with Gasteiger partial charge in [0.2, 0.25) is 5.89 Å². The van der Waals surface area contributed by atoms with Crippen LogP contribution in [-0.2, 0) is 0 Å². The van der Waals surface area contributed by atoms with E-state index in [0.29, 0.717) is 11.7 Å². The SMILES string of the molecule is Cc1cc(N2CCN(C(C)c3nc(C)no3)CC2)c2ccccc2n1. The van der Waals surface area contributed by atoms with Gasteiger partial charge in [-0.1, -0.05) is 23.4 Å². The minimum atomic E-state index is 0.152. The van der Waals surface area contributed by atoms with Crippen molar-refractivity contribution in [1.29, 1.82) is 0 Å². The third-order valence-electron chi connectivity index (χ3n) is 4.93. The number of nitrogens with zero attached hydrogens (tertiary/aromatic N) is 5. The van der Waals surface area contributed by atoms with Gasteiger partial charge in [0, 0.05) is 42.9 Å². The summed E-state index contributed by atoms with van der Waals surface area (Å²) in [6, 6.07) is 10.7. The first-order valence-corrected chi connectivity index (χ1v) is 8.77. The second-order valence-corrected chi connectivity index (χ2v) is 6.68. The van der Waals surface area contributed by atoms with Crippen molar-refractivity contribution in [3.8, 4) is 0 Å². The van der Waals surface area contributed by atoms with E-state index in [1.54, 1.807) is 0 Å². The molecule has 1 aromatic carbocycles. The van der Waals surface area contributed by atoms with E-state index in [9.17, 15) is 0 Å². The van der Waals surface area contributed by atoms with Crippen LogP contribution in [-0.4, -0.2) is 46.2 Å². The molecule has 1 fully saturated rings.